The summed E-state index contributed by atoms with van der Waals surface area (Å²) in [6, 6.07) is 0.142. The van der Waals surface area contributed by atoms with E-state index in [4.69, 9.17) is 15.2 Å². The van der Waals surface area contributed by atoms with Crippen molar-refractivity contribution >= 4 is 0 Å². The second kappa shape index (κ2) is 12.7. The normalized spacial score (nSPS) is 27.3. The van der Waals surface area contributed by atoms with Gasteiger partial charge in [-0.05, 0) is 6.42 Å². The van der Waals surface area contributed by atoms with Crippen molar-refractivity contribution in [1.29, 1.82) is 0 Å². The van der Waals surface area contributed by atoms with Gasteiger partial charge in [0.1, 0.15) is 0 Å². The summed E-state index contributed by atoms with van der Waals surface area (Å²) < 4.78 is 10.4. The molecule has 0 saturated heterocycles. The zero-order valence-corrected chi connectivity index (χ0v) is 11.7. The molecule has 3 atom stereocenters. The molecule has 0 saturated carbocycles. The maximum atomic E-state index is 5.75. The van der Waals surface area contributed by atoms with E-state index in [1.807, 2.05) is 33.8 Å². The Kier molecular flexibility index (Phi) is 14.3. The summed E-state index contributed by atoms with van der Waals surface area (Å²) in [6.45, 7) is 8.71. The highest BCUT2D eigenvalue weighted by atomic mass is 16.5. The third-order valence-electron chi connectivity index (χ3n) is 2.25. The van der Waals surface area contributed by atoms with Gasteiger partial charge in [0.05, 0.1) is 12.7 Å². The minimum absolute atomic E-state index is 0.142. The summed E-state index contributed by atoms with van der Waals surface area (Å²) in [5.74, 6) is 0.361. The van der Waals surface area contributed by atoms with Crippen molar-refractivity contribution in [1.82, 2.24) is 0 Å². The number of nitrogens with two attached hydrogens (primary N) is 1. The number of methoxy groups -OCH3 is 2. The van der Waals surface area contributed by atoms with Gasteiger partial charge in [0, 0.05) is 26.2 Å². The minimum Gasteiger partial charge on any atom is -0.384 e. The lowest BCUT2D eigenvalue weighted by Gasteiger charge is -2.28. The first kappa shape index (κ1) is 18.0. The van der Waals surface area contributed by atoms with Crippen LogP contribution in [0.5, 0.6) is 0 Å². The predicted molar refractivity (Wildman–Crippen MR) is 70.6 cm³/mol. The topological polar surface area (TPSA) is 44.5 Å². The van der Waals surface area contributed by atoms with E-state index in [9.17, 15) is 0 Å². The molecule has 0 aromatic rings. The van der Waals surface area contributed by atoms with Crippen molar-refractivity contribution in [2.75, 3.05) is 20.8 Å². The van der Waals surface area contributed by atoms with Crippen molar-refractivity contribution in [2.45, 2.75) is 46.3 Å². The first-order valence-electron chi connectivity index (χ1n) is 6.23. The fourth-order valence-corrected chi connectivity index (χ4v) is 1.56. The van der Waals surface area contributed by atoms with E-state index >= 15 is 0 Å². The molecule has 0 aromatic heterocycles. The molecule has 0 aliphatic heterocycles. The summed E-state index contributed by atoms with van der Waals surface area (Å²) in [6.07, 6.45) is 5.22. The molecule has 16 heavy (non-hydrogen) atoms. The second-order valence-electron chi connectivity index (χ2n) is 3.18. The maximum absolute atomic E-state index is 5.75. The molecule has 1 aliphatic rings. The van der Waals surface area contributed by atoms with Gasteiger partial charge >= 0.3 is 0 Å². The van der Waals surface area contributed by atoms with Crippen LogP contribution in [0.4, 0.5) is 0 Å². The Bertz CT molecular complexity index is 160. The Morgan fingerprint density at radius 1 is 1.12 bits per heavy atom. The lowest BCUT2D eigenvalue weighted by atomic mass is 9.91. The summed E-state index contributed by atoms with van der Waals surface area (Å²) in [5, 5.41) is 0. The van der Waals surface area contributed by atoms with Gasteiger partial charge in [-0.25, -0.2) is 0 Å². The average molecular weight is 231 g/mol. The maximum Gasteiger partial charge on any atom is 0.0673 e. The van der Waals surface area contributed by atoms with Crippen molar-refractivity contribution in [3.05, 3.63) is 12.2 Å². The number of rotatable bonds is 3. The smallest absolute Gasteiger partial charge is 0.0673 e. The molecule has 0 fully saturated rings. The second-order valence-corrected chi connectivity index (χ2v) is 3.18. The quantitative estimate of drug-likeness (QED) is 0.759. The summed E-state index contributed by atoms with van der Waals surface area (Å²) in [5.41, 5.74) is 5.75. The van der Waals surface area contributed by atoms with Gasteiger partial charge in [-0.1, -0.05) is 39.8 Å². The molecule has 98 valence electrons. The molecule has 1 aliphatic carbocycles. The van der Waals surface area contributed by atoms with Gasteiger partial charge in [0.2, 0.25) is 0 Å². The number of hydrogen-bond donors (Lipinski definition) is 1. The van der Waals surface area contributed by atoms with Gasteiger partial charge in [-0.3, -0.25) is 0 Å². The SMILES string of the molecule is CC.CC.COCC1C=CC(N)CC1OC. The van der Waals surface area contributed by atoms with Crippen LogP contribution in [0, 0.1) is 5.92 Å². The van der Waals surface area contributed by atoms with Crippen LogP contribution in [0.1, 0.15) is 34.1 Å². The molecule has 0 heterocycles. The fourth-order valence-electron chi connectivity index (χ4n) is 1.56. The van der Waals surface area contributed by atoms with Crippen molar-refractivity contribution in [2.24, 2.45) is 11.7 Å². The Balaban J connectivity index is 0. The first-order chi connectivity index (χ1) is 7.77. The van der Waals surface area contributed by atoms with Crippen LogP contribution in [0.15, 0.2) is 12.2 Å². The number of hydrogen-bond acceptors (Lipinski definition) is 3. The van der Waals surface area contributed by atoms with Crippen molar-refractivity contribution in [3.8, 4) is 0 Å². The van der Waals surface area contributed by atoms with E-state index < -0.39 is 0 Å². The first-order valence-corrected chi connectivity index (χ1v) is 6.23. The van der Waals surface area contributed by atoms with Crippen molar-refractivity contribution in [3.63, 3.8) is 0 Å². The van der Waals surface area contributed by atoms with Crippen LogP contribution in [-0.4, -0.2) is 33.0 Å². The average Bonchev–Trinajstić information content (AvgIpc) is 2.36. The summed E-state index contributed by atoms with van der Waals surface area (Å²) >= 11 is 0. The molecule has 0 radical (unpaired) electrons. The molecule has 0 aromatic carbocycles. The van der Waals surface area contributed by atoms with E-state index in [0.717, 1.165) is 6.42 Å². The molecule has 0 amide bonds. The summed E-state index contributed by atoms with van der Waals surface area (Å²) in [4.78, 5) is 0. The highest BCUT2D eigenvalue weighted by molar-refractivity contribution is 5.04. The van der Waals surface area contributed by atoms with Crippen LogP contribution in [0.25, 0.3) is 0 Å². The molecule has 0 bridgehead atoms. The minimum atomic E-state index is 0.142. The molecule has 2 N–H and O–H groups in total. The molecule has 1 rings (SSSR count). The predicted octanol–water partition coefficient (Wildman–Crippen LogP) is 2.60. The van der Waals surface area contributed by atoms with E-state index in [1.54, 1.807) is 14.2 Å². The Morgan fingerprint density at radius 3 is 2.12 bits per heavy atom. The Labute approximate surface area is 101 Å². The van der Waals surface area contributed by atoms with Gasteiger partial charge in [-0.15, -0.1) is 0 Å². The van der Waals surface area contributed by atoms with Gasteiger partial charge < -0.3 is 15.2 Å². The van der Waals surface area contributed by atoms with Gasteiger partial charge in [0.15, 0.2) is 0 Å². The zero-order valence-electron chi connectivity index (χ0n) is 11.7. The standard InChI is InChI=1S/C9H17NO2.2C2H6/c1-11-6-7-3-4-8(10)5-9(7)12-2;2*1-2/h3-4,7-9H,5-6,10H2,1-2H3;2*1-2H3. The van der Waals surface area contributed by atoms with Crippen LogP contribution < -0.4 is 5.73 Å². The van der Waals surface area contributed by atoms with E-state index in [1.165, 1.54) is 0 Å². The molecule has 3 nitrogen and oxygen atoms in total. The van der Waals surface area contributed by atoms with Gasteiger partial charge in [0.25, 0.3) is 0 Å². The monoisotopic (exact) mass is 231 g/mol. The third kappa shape index (κ3) is 6.99. The largest absolute Gasteiger partial charge is 0.384 e. The fraction of sp³-hybridized carbons (Fsp3) is 0.846. The Morgan fingerprint density at radius 2 is 1.69 bits per heavy atom. The number of ether oxygens (including phenoxy) is 2. The molecular formula is C13H29NO2. The van der Waals surface area contributed by atoms with Crippen LogP contribution in [-0.2, 0) is 9.47 Å². The van der Waals surface area contributed by atoms with Crippen LogP contribution >= 0.6 is 0 Å². The van der Waals surface area contributed by atoms with Crippen LogP contribution in [0.2, 0.25) is 0 Å². The van der Waals surface area contributed by atoms with E-state index in [2.05, 4.69) is 6.08 Å². The molecule has 3 unspecified atom stereocenters. The zero-order chi connectivity index (χ0) is 13.0. The Hall–Kier alpha value is -0.380. The molecule has 3 heteroatoms. The third-order valence-corrected chi connectivity index (χ3v) is 2.25. The molecular weight excluding hydrogens is 202 g/mol. The molecule has 0 spiro atoms. The van der Waals surface area contributed by atoms with Gasteiger partial charge in [-0.2, -0.15) is 0 Å². The summed E-state index contributed by atoms with van der Waals surface area (Å²) in [7, 11) is 3.42. The lowest BCUT2D eigenvalue weighted by molar-refractivity contribution is 0.0223. The lowest BCUT2D eigenvalue weighted by Crippen LogP contribution is -2.36. The van der Waals surface area contributed by atoms with Crippen LogP contribution in [0.3, 0.4) is 0 Å². The highest BCUT2D eigenvalue weighted by Gasteiger charge is 2.24. The van der Waals surface area contributed by atoms with E-state index in [0.29, 0.717) is 12.5 Å². The highest BCUT2D eigenvalue weighted by Crippen LogP contribution is 2.20. The van der Waals surface area contributed by atoms with Crippen molar-refractivity contribution < 1.29 is 9.47 Å². The van der Waals surface area contributed by atoms with E-state index in [-0.39, 0.29) is 12.1 Å².